The number of hydrogen-bond acceptors (Lipinski definition) is 4. The Bertz CT molecular complexity index is 559. The Hall–Kier alpha value is -1.67. The summed E-state index contributed by atoms with van der Waals surface area (Å²) < 4.78 is 6.07. The molecule has 0 aliphatic heterocycles. The zero-order chi connectivity index (χ0) is 12.3. The first-order valence-corrected chi connectivity index (χ1v) is 5.96. The maximum atomic E-state index is 8.71. The Morgan fingerprint density at radius 1 is 1.53 bits per heavy atom. The fourth-order valence-electron chi connectivity index (χ4n) is 1.39. The van der Waals surface area contributed by atoms with Crippen molar-refractivity contribution >= 4 is 15.9 Å². The van der Waals surface area contributed by atoms with Gasteiger partial charge in [-0.2, -0.15) is 10.2 Å². The summed E-state index contributed by atoms with van der Waals surface area (Å²) in [4.78, 5) is 4.26. The molecule has 2 rings (SSSR count). The van der Waals surface area contributed by atoms with Crippen molar-refractivity contribution in [2.45, 2.75) is 13.3 Å². The van der Waals surface area contributed by atoms with Crippen LogP contribution >= 0.6 is 15.9 Å². The topological polar surface area (TPSA) is 62.7 Å². The van der Waals surface area contributed by atoms with Crippen LogP contribution in [0.1, 0.15) is 12.8 Å². The zero-order valence-corrected chi connectivity index (χ0v) is 10.8. The summed E-state index contributed by atoms with van der Waals surface area (Å²) in [7, 11) is 0. The van der Waals surface area contributed by atoms with Crippen LogP contribution in [-0.4, -0.2) is 10.1 Å². The van der Waals surface area contributed by atoms with Gasteiger partial charge in [-0.25, -0.2) is 0 Å². The number of nitrogens with zero attached hydrogens (tertiary/aromatic N) is 3. The predicted octanol–water partition coefficient (Wildman–Crippen LogP) is 3.20. The Balaban J connectivity index is 2.21. The van der Waals surface area contributed by atoms with E-state index >= 15 is 0 Å². The standard InChI is InChI=1S/C12H10BrN3O/c1-8(7-14)5-11-15-12(16-17-11)9-3-2-4-10(13)6-9/h2-4,6,8H,5H2,1H3. The molecule has 1 aromatic heterocycles. The zero-order valence-electron chi connectivity index (χ0n) is 9.22. The molecule has 0 saturated heterocycles. The number of rotatable bonds is 3. The molecule has 4 nitrogen and oxygen atoms in total. The molecule has 17 heavy (non-hydrogen) atoms. The Morgan fingerprint density at radius 3 is 3.06 bits per heavy atom. The van der Waals surface area contributed by atoms with Crippen molar-refractivity contribution in [3.05, 3.63) is 34.6 Å². The molecule has 0 radical (unpaired) electrons. The Kier molecular flexibility index (Phi) is 3.55. The van der Waals surface area contributed by atoms with Crippen molar-refractivity contribution in [1.29, 1.82) is 5.26 Å². The minimum Gasteiger partial charge on any atom is -0.339 e. The highest BCUT2D eigenvalue weighted by Crippen LogP contribution is 2.20. The highest BCUT2D eigenvalue weighted by molar-refractivity contribution is 9.10. The number of nitriles is 1. The summed E-state index contributed by atoms with van der Waals surface area (Å²) in [5.41, 5.74) is 0.888. The number of halogens is 1. The smallest absolute Gasteiger partial charge is 0.228 e. The monoisotopic (exact) mass is 291 g/mol. The fraction of sp³-hybridized carbons (Fsp3) is 0.250. The number of aromatic nitrogens is 2. The van der Waals surface area contributed by atoms with Gasteiger partial charge >= 0.3 is 0 Å². The second kappa shape index (κ2) is 5.11. The van der Waals surface area contributed by atoms with Crippen LogP contribution in [0.4, 0.5) is 0 Å². The molecule has 5 heteroatoms. The third kappa shape index (κ3) is 2.92. The molecule has 0 N–H and O–H groups in total. The maximum Gasteiger partial charge on any atom is 0.228 e. The van der Waals surface area contributed by atoms with E-state index in [0.29, 0.717) is 18.1 Å². The van der Waals surface area contributed by atoms with Gasteiger partial charge in [-0.15, -0.1) is 0 Å². The molecule has 0 aliphatic carbocycles. The first-order valence-electron chi connectivity index (χ1n) is 5.17. The molecule has 0 aliphatic rings. The van der Waals surface area contributed by atoms with Gasteiger partial charge in [0.2, 0.25) is 11.7 Å². The number of hydrogen-bond donors (Lipinski definition) is 0. The van der Waals surface area contributed by atoms with E-state index in [1.54, 1.807) is 0 Å². The van der Waals surface area contributed by atoms with Gasteiger partial charge in [0, 0.05) is 16.5 Å². The second-order valence-electron chi connectivity index (χ2n) is 3.76. The van der Waals surface area contributed by atoms with Crippen LogP contribution in [0.25, 0.3) is 11.4 Å². The lowest BCUT2D eigenvalue weighted by Gasteiger charge is -1.95. The molecule has 0 bridgehead atoms. The van der Waals surface area contributed by atoms with E-state index in [9.17, 15) is 0 Å². The molecule has 0 spiro atoms. The average Bonchev–Trinajstić information content (AvgIpc) is 2.77. The van der Waals surface area contributed by atoms with E-state index in [0.717, 1.165) is 10.0 Å². The molecule has 0 amide bonds. The highest BCUT2D eigenvalue weighted by atomic mass is 79.9. The van der Waals surface area contributed by atoms with Crippen LogP contribution in [0.3, 0.4) is 0 Å². The number of benzene rings is 1. The lowest BCUT2D eigenvalue weighted by atomic mass is 10.1. The third-order valence-electron chi connectivity index (χ3n) is 2.25. The van der Waals surface area contributed by atoms with Crippen LogP contribution in [0.5, 0.6) is 0 Å². The van der Waals surface area contributed by atoms with Gasteiger partial charge in [-0.05, 0) is 19.1 Å². The van der Waals surface area contributed by atoms with Crippen LogP contribution in [0, 0.1) is 17.2 Å². The van der Waals surface area contributed by atoms with Gasteiger partial charge in [0.05, 0.1) is 12.0 Å². The molecule has 1 atom stereocenters. The summed E-state index contributed by atoms with van der Waals surface area (Å²) in [6.45, 7) is 1.82. The van der Waals surface area contributed by atoms with Crippen molar-refractivity contribution in [2.75, 3.05) is 0 Å². The fourth-order valence-corrected chi connectivity index (χ4v) is 1.79. The second-order valence-corrected chi connectivity index (χ2v) is 4.67. The third-order valence-corrected chi connectivity index (χ3v) is 2.75. The molecule has 0 saturated carbocycles. The highest BCUT2D eigenvalue weighted by Gasteiger charge is 2.11. The lowest BCUT2D eigenvalue weighted by molar-refractivity contribution is 0.369. The van der Waals surface area contributed by atoms with Crippen molar-refractivity contribution < 1.29 is 4.52 Å². The molecular weight excluding hydrogens is 282 g/mol. The summed E-state index contributed by atoms with van der Waals surface area (Å²) in [6, 6.07) is 9.81. The van der Waals surface area contributed by atoms with E-state index in [1.807, 2.05) is 31.2 Å². The van der Waals surface area contributed by atoms with Gasteiger partial charge in [0.15, 0.2) is 0 Å². The Labute approximate surface area is 107 Å². The van der Waals surface area contributed by atoms with Gasteiger partial charge in [0.25, 0.3) is 0 Å². The van der Waals surface area contributed by atoms with Crippen molar-refractivity contribution in [2.24, 2.45) is 5.92 Å². The average molecular weight is 292 g/mol. The van der Waals surface area contributed by atoms with Gasteiger partial charge in [0.1, 0.15) is 0 Å². The van der Waals surface area contributed by atoms with Crippen LogP contribution in [0.15, 0.2) is 33.3 Å². The van der Waals surface area contributed by atoms with Crippen LogP contribution in [0.2, 0.25) is 0 Å². The molecule has 0 fully saturated rings. The lowest BCUT2D eigenvalue weighted by Crippen LogP contribution is -1.96. The minimum absolute atomic E-state index is 0.120. The summed E-state index contributed by atoms with van der Waals surface area (Å²) >= 11 is 3.39. The predicted molar refractivity (Wildman–Crippen MR) is 65.9 cm³/mol. The van der Waals surface area contributed by atoms with Gasteiger partial charge in [-0.3, -0.25) is 0 Å². The van der Waals surface area contributed by atoms with Gasteiger partial charge in [-0.1, -0.05) is 33.2 Å². The molecule has 1 heterocycles. The first kappa shape index (κ1) is 11.8. The summed E-state index contributed by atoms with van der Waals surface area (Å²) in [5, 5.41) is 12.6. The van der Waals surface area contributed by atoms with Crippen molar-refractivity contribution in [3.8, 4) is 17.5 Å². The normalized spacial score (nSPS) is 12.1. The largest absolute Gasteiger partial charge is 0.339 e. The molecular formula is C12H10BrN3O. The van der Waals surface area contributed by atoms with Crippen LogP contribution < -0.4 is 0 Å². The van der Waals surface area contributed by atoms with E-state index in [4.69, 9.17) is 9.78 Å². The van der Waals surface area contributed by atoms with E-state index in [2.05, 4.69) is 32.1 Å². The van der Waals surface area contributed by atoms with E-state index < -0.39 is 0 Å². The quantitative estimate of drug-likeness (QED) is 0.871. The SMILES string of the molecule is CC(C#N)Cc1nc(-c2cccc(Br)c2)no1. The van der Waals surface area contributed by atoms with E-state index in [-0.39, 0.29) is 5.92 Å². The van der Waals surface area contributed by atoms with Crippen molar-refractivity contribution in [3.63, 3.8) is 0 Å². The van der Waals surface area contributed by atoms with Crippen LogP contribution in [-0.2, 0) is 6.42 Å². The first-order chi connectivity index (χ1) is 8.19. The maximum absolute atomic E-state index is 8.71. The molecule has 86 valence electrons. The van der Waals surface area contributed by atoms with E-state index in [1.165, 1.54) is 0 Å². The minimum atomic E-state index is -0.120. The summed E-state index contributed by atoms with van der Waals surface area (Å²) in [5.74, 6) is 0.922. The summed E-state index contributed by atoms with van der Waals surface area (Å²) in [6.07, 6.45) is 0.484. The molecule has 2 aromatic rings. The van der Waals surface area contributed by atoms with Gasteiger partial charge < -0.3 is 4.52 Å². The molecule has 1 aromatic carbocycles. The molecule has 1 unspecified atom stereocenters. The Morgan fingerprint density at radius 2 is 2.35 bits per heavy atom. The van der Waals surface area contributed by atoms with Crippen molar-refractivity contribution in [1.82, 2.24) is 10.1 Å².